The van der Waals surface area contributed by atoms with E-state index < -0.39 is 41.3 Å². The van der Waals surface area contributed by atoms with E-state index in [9.17, 15) is 14.4 Å². The maximum absolute atomic E-state index is 16.2. The van der Waals surface area contributed by atoms with E-state index in [4.69, 9.17) is 37.4 Å². The van der Waals surface area contributed by atoms with Gasteiger partial charge in [0.05, 0.1) is 43.4 Å². The summed E-state index contributed by atoms with van der Waals surface area (Å²) in [5, 5.41) is 0.883. The van der Waals surface area contributed by atoms with E-state index in [2.05, 4.69) is 0 Å². The Morgan fingerprint density at radius 1 is 1.07 bits per heavy atom. The van der Waals surface area contributed by atoms with Crippen molar-refractivity contribution in [3.63, 3.8) is 0 Å². The van der Waals surface area contributed by atoms with Crippen molar-refractivity contribution >= 4 is 40.9 Å². The SMILES string of the molecule is CCOC(=O)C[C@@H](c1ccc(Cl)cc1)N1C(=O)c2cc(C(C)=O)cc(F)c2[C@]1(OC1COC1)c1ccc(Cl)cc1. The maximum atomic E-state index is 16.2. The van der Waals surface area contributed by atoms with Crippen LogP contribution in [-0.2, 0) is 24.7 Å². The summed E-state index contributed by atoms with van der Waals surface area (Å²) in [6, 6.07) is 14.7. The van der Waals surface area contributed by atoms with E-state index in [0.717, 1.165) is 6.07 Å². The predicted octanol–water partition coefficient (Wildman–Crippen LogP) is 6.10. The Balaban J connectivity index is 1.81. The lowest BCUT2D eigenvalue weighted by Crippen LogP contribution is -2.54. The molecule has 208 valence electrons. The second-order valence-corrected chi connectivity index (χ2v) is 10.5. The fraction of sp³-hybridized carbons (Fsp3) is 0.300. The summed E-state index contributed by atoms with van der Waals surface area (Å²) in [5.74, 6) is -2.37. The van der Waals surface area contributed by atoms with Crippen LogP contribution in [0.15, 0.2) is 60.7 Å². The zero-order valence-corrected chi connectivity index (χ0v) is 23.3. The number of Topliss-reactive ketones (excluding diaryl/α,β-unsaturated/α-hetero) is 1. The molecular weight excluding hydrogens is 560 g/mol. The van der Waals surface area contributed by atoms with Crippen LogP contribution in [0.3, 0.4) is 0 Å². The van der Waals surface area contributed by atoms with Crippen LogP contribution >= 0.6 is 23.2 Å². The lowest BCUT2D eigenvalue weighted by molar-refractivity contribution is -0.226. The Kier molecular flexibility index (Phi) is 7.97. The van der Waals surface area contributed by atoms with Crippen LogP contribution in [0.2, 0.25) is 10.0 Å². The number of halogens is 3. The first-order chi connectivity index (χ1) is 19.1. The minimum absolute atomic E-state index is 0.0387. The molecule has 0 radical (unpaired) electrons. The number of carbonyl (C=O) groups excluding carboxylic acids is 3. The third-order valence-corrected chi connectivity index (χ3v) is 7.54. The van der Waals surface area contributed by atoms with Gasteiger partial charge in [-0.2, -0.15) is 0 Å². The molecule has 0 aromatic heterocycles. The molecule has 2 aliphatic heterocycles. The molecular formula is C30H26Cl2FNO6. The summed E-state index contributed by atoms with van der Waals surface area (Å²) in [5.41, 5.74) is -0.924. The van der Waals surface area contributed by atoms with E-state index in [1.165, 1.54) is 17.9 Å². The lowest BCUT2D eigenvalue weighted by Gasteiger charge is -2.46. The van der Waals surface area contributed by atoms with Gasteiger partial charge < -0.3 is 14.2 Å². The van der Waals surface area contributed by atoms with Crippen LogP contribution < -0.4 is 0 Å². The molecule has 7 nitrogen and oxygen atoms in total. The molecule has 3 aromatic carbocycles. The average molecular weight is 586 g/mol. The normalized spacial score (nSPS) is 19.2. The average Bonchev–Trinajstić information content (AvgIpc) is 3.14. The third kappa shape index (κ3) is 5.01. The van der Waals surface area contributed by atoms with Gasteiger partial charge in [-0.25, -0.2) is 4.39 Å². The molecule has 0 N–H and O–H groups in total. The second kappa shape index (κ2) is 11.3. The monoisotopic (exact) mass is 585 g/mol. The first kappa shape index (κ1) is 28.2. The van der Waals surface area contributed by atoms with Gasteiger partial charge in [0.25, 0.3) is 5.91 Å². The largest absolute Gasteiger partial charge is 0.466 e. The van der Waals surface area contributed by atoms with Crippen LogP contribution in [-0.4, -0.2) is 48.5 Å². The number of nitrogens with zero attached hydrogens (tertiary/aromatic N) is 1. The highest BCUT2D eigenvalue weighted by Crippen LogP contribution is 2.52. The van der Waals surface area contributed by atoms with Crippen LogP contribution in [0.1, 0.15) is 63.7 Å². The Bertz CT molecular complexity index is 1460. The Labute approximate surface area is 240 Å². The number of hydrogen-bond donors (Lipinski definition) is 0. The molecule has 2 heterocycles. The molecule has 2 aliphatic rings. The van der Waals surface area contributed by atoms with Crippen molar-refractivity contribution < 1.29 is 33.0 Å². The highest BCUT2D eigenvalue weighted by molar-refractivity contribution is 6.30. The number of ketones is 1. The molecule has 1 fully saturated rings. The zero-order valence-electron chi connectivity index (χ0n) is 21.8. The Hall–Kier alpha value is -3.30. The molecule has 5 rings (SSSR count). The Morgan fingerprint density at radius 2 is 1.70 bits per heavy atom. The Morgan fingerprint density at radius 3 is 2.25 bits per heavy atom. The summed E-state index contributed by atoms with van der Waals surface area (Å²) in [6.45, 7) is 3.56. The maximum Gasteiger partial charge on any atom is 0.308 e. The fourth-order valence-corrected chi connectivity index (χ4v) is 5.42. The number of benzene rings is 3. The van der Waals surface area contributed by atoms with Gasteiger partial charge in [0, 0.05) is 21.2 Å². The molecule has 3 aromatic rings. The van der Waals surface area contributed by atoms with Crippen molar-refractivity contribution in [2.45, 2.75) is 38.1 Å². The van der Waals surface area contributed by atoms with Crippen molar-refractivity contribution in [1.82, 2.24) is 4.90 Å². The summed E-state index contributed by atoms with van der Waals surface area (Å²) in [6.07, 6.45) is -0.742. The highest BCUT2D eigenvalue weighted by Gasteiger charge is 2.58. The van der Waals surface area contributed by atoms with Gasteiger partial charge in [0.15, 0.2) is 5.78 Å². The minimum Gasteiger partial charge on any atom is -0.466 e. The van der Waals surface area contributed by atoms with Gasteiger partial charge in [-0.1, -0.05) is 47.5 Å². The molecule has 1 amide bonds. The molecule has 0 unspecified atom stereocenters. The molecule has 40 heavy (non-hydrogen) atoms. The molecule has 0 bridgehead atoms. The quantitative estimate of drug-likeness (QED) is 0.223. The second-order valence-electron chi connectivity index (χ2n) is 9.62. The molecule has 0 spiro atoms. The van der Waals surface area contributed by atoms with Crippen LogP contribution in [0.4, 0.5) is 4.39 Å². The highest BCUT2D eigenvalue weighted by atomic mass is 35.5. The van der Waals surface area contributed by atoms with Gasteiger partial charge in [-0.05, 0) is 55.8 Å². The number of ether oxygens (including phenoxy) is 3. The third-order valence-electron chi connectivity index (χ3n) is 7.04. The van der Waals surface area contributed by atoms with Crippen molar-refractivity contribution in [3.8, 4) is 0 Å². The fourth-order valence-electron chi connectivity index (χ4n) is 5.16. The number of fused-ring (bicyclic) bond motifs is 1. The summed E-state index contributed by atoms with van der Waals surface area (Å²) in [4.78, 5) is 41.0. The topological polar surface area (TPSA) is 82.1 Å². The lowest BCUT2D eigenvalue weighted by atomic mass is 9.89. The van der Waals surface area contributed by atoms with Crippen molar-refractivity contribution in [1.29, 1.82) is 0 Å². The number of rotatable bonds is 9. The zero-order chi connectivity index (χ0) is 28.6. The number of carbonyl (C=O) groups is 3. The molecule has 1 saturated heterocycles. The van der Waals surface area contributed by atoms with Gasteiger partial charge in [0.1, 0.15) is 11.9 Å². The van der Waals surface area contributed by atoms with Gasteiger partial charge in [0.2, 0.25) is 5.72 Å². The molecule has 0 saturated carbocycles. The van der Waals surface area contributed by atoms with Crippen molar-refractivity contribution in [3.05, 3.63) is 104 Å². The first-order valence-corrected chi connectivity index (χ1v) is 13.5. The van der Waals surface area contributed by atoms with Crippen molar-refractivity contribution in [2.75, 3.05) is 19.8 Å². The molecule has 10 heteroatoms. The number of amides is 1. The first-order valence-electron chi connectivity index (χ1n) is 12.8. The van der Waals surface area contributed by atoms with Crippen molar-refractivity contribution in [2.24, 2.45) is 0 Å². The van der Waals surface area contributed by atoms with E-state index in [0.29, 0.717) is 21.2 Å². The summed E-state index contributed by atoms with van der Waals surface area (Å²) >= 11 is 12.4. The predicted molar refractivity (Wildman–Crippen MR) is 146 cm³/mol. The van der Waals surface area contributed by atoms with Gasteiger partial charge >= 0.3 is 5.97 Å². The van der Waals surface area contributed by atoms with E-state index in [1.54, 1.807) is 55.5 Å². The number of hydrogen-bond acceptors (Lipinski definition) is 6. The van der Waals surface area contributed by atoms with Gasteiger partial charge in [-0.3, -0.25) is 19.3 Å². The standard InChI is InChI=1S/C30H26Cl2FNO6/c1-3-39-27(36)14-26(18-4-8-21(31)9-5-18)34-29(37)24-12-19(17(2)35)13-25(33)28(24)30(34,40-23-15-38-16-23)20-6-10-22(32)11-7-20/h4-13,23,26H,3,14-16H2,1-2H3/t26-,30+/m0/s1. The smallest absolute Gasteiger partial charge is 0.308 e. The van der Waals surface area contributed by atoms with Gasteiger partial charge in [-0.15, -0.1) is 0 Å². The summed E-state index contributed by atoms with van der Waals surface area (Å²) in [7, 11) is 0. The van der Waals surface area contributed by atoms with E-state index >= 15 is 4.39 Å². The molecule has 2 atom stereocenters. The summed E-state index contributed by atoms with van der Waals surface area (Å²) < 4.78 is 33.5. The van der Waals surface area contributed by atoms with Crippen LogP contribution in [0.25, 0.3) is 0 Å². The number of esters is 1. The molecule has 0 aliphatic carbocycles. The van der Waals surface area contributed by atoms with Crippen LogP contribution in [0.5, 0.6) is 0 Å². The van der Waals surface area contributed by atoms with Crippen LogP contribution in [0, 0.1) is 5.82 Å². The van der Waals surface area contributed by atoms with E-state index in [-0.39, 0.29) is 42.9 Å². The minimum atomic E-state index is -1.83. The van der Waals surface area contributed by atoms with E-state index in [1.807, 2.05) is 0 Å².